The third kappa shape index (κ3) is 2.53. The molecule has 0 amide bonds. The van der Waals surface area contributed by atoms with Crippen molar-refractivity contribution in [2.75, 3.05) is 0 Å². The molecule has 0 unspecified atom stereocenters. The third-order valence-electron chi connectivity index (χ3n) is 2.91. The largest absolute Gasteiger partial charge is 0.219 e. The maximum atomic E-state index is 4.24. The fourth-order valence-electron chi connectivity index (χ4n) is 1.92. The summed E-state index contributed by atoms with van der Waals surface area (Å²) in [4.78, 5) is 0. The van der Waals surface area contributed by atoms with Gasteiger partial charge in [0.1, 0.15) is 5.69 Å². The van der Waals surface area contributed by atoms with E-state index in [4.69, 9.17) is 0 Å². The van der Waals surface area contributed by atoms with Crippen molar-refractivity contribution in [2.24, 2.45) is 0 Å². The van der Waals surface area contributed by atoms with Crippen LogP contribution in [-0.2, 0) is 0 Å². The van der Waals surface area contributed by atoms with Gasteiger partial charge in [-0.05, 0) is 47.2 Å². The molecule has 0 aliphatic heterocycles. The van der Waals surface area contributed by atoms with E-state index < -0.39 is 0 Å². The quantitative estimate of drug-likeness (QED) is 0.650. The molecule has 3 rings (SSSR count). The Morgan fingerprint density at radius 3 is 2.58 bits per heavy atom. The van der Waals surface area contributed by atoms with E-state index in [2.05, 4.69) is 58.0 Å². The zero-order valence-electron chi connectivity index (χ0n) is 10.4. The molecule has 0 saturated heterocycles. The summed E-state index contributed by atoms with van der Waals surface area (Å²) in [5, 5.41) is 8.45. The van der Waals surface area contributed by atoms with Crippen LogP contribution in [0.1, 0.15) is 5.56 Å². The second-order valence-electron chi connectivity index (χ2n) is 4.37. The minimum atomic E-state index is 0.886. The van der Waals surface area contributed by atoms with Crippen LogP contribution >= 0.6 is 22.6 Å². The molecule has 3 nitrogen and oxygen atoms in total. The zero-order chi connectivity index (χ0) is 13.2. The predicted molar refractivity (Wildman–Crippen MR) is 84.2 cm³/mol. The molecule has 0 aliphatic rings. The van der Waals surface area contributed by atoms with Crippen LogP contribution in [0.2, 0.25) is 0 Å². The SMILES string of the molecule is Cc1ccc(-n2cc(-c3ccccc3)nn2)c(I)c1. The lowest BCUT2D eigenvalue weighted by molar-refractivity contribution is 0.800. The highest BCUT2D eigenvalue weighted by Crippen LogP contribution is 2.21. The van der Waals surface area contributed by atoms with Gasteiger partial charge < -0.3 is 0 Å². The van der Waals surface area contributed by atoms with Crippen LogP contribution in [-0.4, -0.2) is 15.0 Å². The van der Waals surface area contributed by atoms with E-state index in [1.165, 1.54) is 9.13 Å². The van der Waals surface area contributed by atoms with E-state index in [-0.39, 0.29) is 0 Å². The molecule has 0 fully saturated rings. The maximum absolute atomic E-state index is 4.24. The van der Waals surface area contributed by atoms with E-state index in [1.54, 1.807) is 0 Å². The molecule has 1 aromatic heterocycles. The Morgan fingerprint density at radius 2 is 1.84 bits per heavy atom. The van der Waals surface area contributed by atoms with Crippen LogP contribution < -0.4 is 0 Å². The highest BCUT2D eigenvalue weighted by molar-refractivity contribution is 14.1. The van der Waals surface area contributed by atoms with Gasteiger partial charge in [0.25, 0.3) is 0 Å². The summed E-state index contributed by atoms with van der Waals surface area (Å²) in [6.45, 7) is 2.09. The monoisotopic (exact) mass is 361 g/mol. The first-order valence-corrected chi connectivity index (χ1v) is 7.06. The molecule has 0 bridgehead atoms. The molecule has 3 aromatic rings. The van der Waals surface area contributed by atoms with E-state index >= 15 is 0 Å². The van der Waals surface area contributed by atoms with Gasteiger partial charge in [0.05, 0.1) is 11.9 Å². The Kier molecular flexibility index (Phi) is 3.33. The van der Waals surface area contributed by atoms with Crippen LogP contribution in [0.4, 0.5) is 0 Å². The second kappa shape index (κ2) is 5.13. The van der Waals surface area contributed by atoms with E-state index in [0.717, 1.165) is 16.9 Å². The number of nitrogens with zero attached hydrogens (tertiary/aromatic N) is 3. The summed E-state index contributed by atoms with van der Waals surface area (Å²) in [6.07, 6.45) is 1.96. The van der Waals surface area contributed by atoms with Gasteiger partial charge in [-0.1, -0.05) is 41.6 Å². The maximum Gasteiger partial charge on any atom is 0.113 e. The fourth-order valence-corrected chi connectivity index (χ4v) is 2.84. The second-order valence-corrected chi connectivity index (χ2v) is 5.53. The van der Waals surface area contributed by atoms with Gasteiger partial charge >= 0.3 is 0 Å². The molecule has 1 heterocycles. The first kappa shape index (κ1) is 12.3. The minimum Gasteiger partial charge on any atom is -0.219 e. The molecule has 94 valence electrons. The highest BCUT2D eigenvalue weighted by atomic mass is 127. The van der Waals surface area contributed by atoms with E-state index in [0.29, 0.717) is 0 Å². The van der Waals surface area contributed by atoms with Gasteiger partial charge in [-0.3, -0.25) is 0 Å². The molecule has 0 saturated carbocycles. The molecule has 0 spiro atoms. The van der Waals surface area contributed by atoms with Crippen molar-refractivity contribution >= 4 is 22.6 Å². The van der Waals surface area contributed by atoms with Crippen molar-refractivity contribution in [3.63, 3.8) is 0 Å². The summed E-state index contributed by atoms with van der Waals surface area (Å²) in [6, 6.07) is 16.4. The van der Waals surface area contributed by atoms with Gasteiger partial charge in [-0.25, -0.2) is 4.68 Å². The van der Waals surface area contributed by atoms with Crippen LogP contribution in [0.25, 0.3) is 16.9 Å². The number of rotatable bonds is 2. The molecular weight excluding hydrogens is 349 g/mol. The molecule has 2 aromatic carbocycles. The lowest BCUT2D eigenvalue weighted by Gasteiger charge is -2.04. The van der Waals surface area contributed by atoms with Crippen molar-refractivity contribution in [1.82, 2.24) is 15.0 Å². The Balaban J connectivity index is 2.02. The predicted octanol–water partition coefficient (Wildman–Crippen LogP) is 3.85. The van der Waals surface area contributed by atoms with Crippen molar-refractivity contribution in [3.05, 3.63) is 63.9 Å². The number of hydrogen-bond acceptors (Lipinski definition) is 2. The average Bonchev–Trinajstić information content (AvgIpc) is 2.89. The minimum absolute atomic E-state index is 0.886. The smallest absolute Gasteiger partial charge is 0.113 e. The normalized spacial score (nSPS) is 10.6. The summed E-state index contributed by atoms with van der Waals surface area (Å²) in [5.74, 6) is 0. The number of hydrogen-bond donors (Lipinski definition) is 0. The van der Waals surface area contributed by atoms with Crippen LogP contribution in [0, 0.1) is 10.5 Å². The van der Waals surface area contributed by atoms with E-state index in [1.807, 2.05) is 41.2 Å². The highest BCUT2D eigenvalue weighted by Gasteiger charge is 2.07. The number of aryl methyl sites for hydroxylation is 1. The molecule has 19 heavy (non-hydrogen) atoms. The molecule has 0 aliphatic carbocycles. The van der Waals surface area contributed by atoms with E-state index in [9.17, 15) is 0 Å². The standard InChI is InChI=1S/C15H12IN3/c1-11-7-8-15(13(16)9-11)19-10-14(17-18-19)12-5-3-2-4-6-12/h2-10H,1H3. The summed E-state index contributed by atoms with van der Waals surface area (Å²) < 4.78 is 2.99. The lowest BCUT2D eigenvalue weighted by Crippen LogP contribution is -1.97. The molecule has 0 atom stereocenters. The fraction of sp³-hybridized carbons (Fsp3) is 0.0667. The Bertz CT molecular complexity index is 704. The number of benzene rings is 2. The van der Waals surface area contributed by atoms with Gasteiger partial charge in [-0.2, -0.15) is 0 Å². The molecular formula is C15H12IN3. The van der Waals surface area contributed by atoms with Crippen LogP contribution in [0.3, 0.4) is 0 Å². The van der Waals surface area contributed by atoms with Gasteiger partial charge in [-0.15, -0.1) is 5.10 Å². The molecule has 4 heteroatoms. The van der Waals surface area contributed by atoms with Gasteiger partial charge in [0.2, 0.25) is 0 Å². The first-order valence-electron chi connectivity index (χ1n) is 5.98. The van der Waals surface area contributed by atoms with Crippen molar-refractivity contribution in [2.45, 2.75) is 6.92 Å². The third-order valence-corrected chi connectivity index (χ3v) is 3.78. The summed E-state index contributed by atoms with van der Waals surface area (Å²) in [7, 11) is 0. The molecule has 0 N–H and O–H groups in total. The molecule has 0 radical (unpaired) electrons. The first-order chi connectivity index (χ1) is 9.24. The Labute approximate surface area is 125 Å². The van der Waals surface area contributed by atoms with Crippen molar-refractivity contribution < 1.29 is 0 Å². The Hall–Kier alpha value is -1.69. The average molecular weight is 361 g/mol. The zero-order valence-corrected chi connectivity index (χ0v) is 12.6. The topological polar surface area (TPSA) is 30.7 Å². The van der Waals surface area contributed by atoms with Crippen LogP contribution in [0.15, 0.2) is 54.7 Å². The van der Waals surface area contributed by atoms with Gasteiger partial charge in [0, 0.05) is 9.13 Å². The summed E-state index contributed by atoms with van der Waals surface area (Å²) in [5.41, 5.74) is 4.27. The number of halogens is 1. The number of aromatic nitrogens is 3. The van der Waals surface area contributed by atoms with Crippen molar-refractivity contribution in [1.29, 1.82) is 0 Å². The lowest BCUT2D eigenvalue weighted by atomic mass is 10.2. The van der Waals surface area contributed by atoms with Gasteiger partial charge in [0.15, 0.2) is 0 Å². The summed E-state index contributed by atoms with van der Waals surface area (Å²) >= 11 is 2.32. The Morgan fingerprint density at radius 1 is 1.05 bits per heavy atom. The van der Waals surface area contributed by atoms with Crippen molar-refractivity contribution in [3.8, 4) is 16.9 Å². The van der Waals surface area contributed by atoms with Crippen LogP contribution in [0.5, 0.6) is 0 Å².